The molecule has 1 heterocycles. The number of pyridine rings is 1. The van der Waals surface area contributed by atoms with Crippen LogP contribution in [-0.2, 0) is 10.1 Å². The molecule has 0 saturated carbocycles. The lowest BCUT2D eigenvalue weighted by Crippen LogP contribution is -2.24. The Bertz CT molecular complexity index is 845. The maximum Gasteiger partial charge on any atom is 0.362 e. The fourth-order valence-corrected chi connectivity index (χ4v) is 3.53. The fourth-order valence-electron chi connectivity index (χ4n) is 2.02. The number of aromatic amines is 1. The molecular weight excluding hydrogens is 395 g/mol. The second-order valence-corrected chi connectivity index (χ2v) is 6.89. The predicted molar refractivity (Wildman–Crippen MR) is 93.1 cm³/mol. The molecule has 9 heteroatoms. The molecule has 0 aliphatic carbocycles. The number of benzene rings is 1. The summed E-state index contributed by atoms with van der Waals surface area (Å²) in [7, 11) is 0. The summed E-state index contributed by atoms with van der Waals surface area (Å²) in [4.78, 5) is 26.7. The highest BCUT2D eigenvalue weighted by Crippen LogP contribution is 2.39. The summed E-state index contributed by atoms with van der Waals surface area (Å²) in [6.07, 6.45) is 0. The second-order valence-electron chi connectivity index (χ2n) is 4.96. The zero-order valence-electron chi connectivity index (χ0n) is 13.2. The third-order valence-electron chi connectivity index (χ3n) is 3.16. The number of carbonyl (C=O) groups is 1. The molecule has 0 radical (unpaired) electrons. The van der Waals surface area contributed by atoms with E-state index in [1.165, 1.54) is 0 Å². The highest BCUT2D eigenvalue weighted by atomic mass is 35.5. The summed E-state index contributed by atoms with van der Waals surface area (Å²) in [6.45, 7) is 3.36. The van der Waals surface area contributed by atoms with Gasteiger partial charge in [0.25, 0.3) is 5.56 Å². The molecular formula is C16H13Cl2F2NO3S. The van der Waals surface area contributed by atoms with Crippen LogP contribution in [0.2, 0.25) is 5.02 Å². The van der Waals surface area contributed by atoms with Gasteiger partial charge in [0.15, 0.2) is 0 Å². The van der Waals surface area contributed by atoms with Crippen LogP contribution in [0.3, 0.4) is 0 Å². The molecule has 2 aromatic rings. The van der Waals surface area contributed by atoms with E-state index in [1.807, 2.05) is 4.98 Å². The molecule has 134 valence electrons. The van der Waals surface area contributed by atoms with E-state index in [0.29, 0.717) is 9.92 Å². The first-order valence-corrected chi connectivity index (χ1v) is 8.67. The number of aromatic nitrogens is 1. The van der Waals surface area contributed by atoms with Crippen molar-refractivity contribution in [1.82, 2.24) is 4.98 Å². The monoisotopic (exact) mass is 407 g/mol. The third kappa shape index (κ3) is 4.54. The van der Waals surface area contributed by atoms with Crippen molar-refractivity contribution < 1.29 is 18.3 Å². The summed E-state index contributed by atoms with van der Waals surface area (Å²) in [5.41, 5.74) is -1.45. The average molecular weight is 408 g/mol. The lowest BCUT2D eigenvalue weighted by molar-refractivity contribution is 0.0517. The first-order chi connectivity index (χ1) is 11.6. The number of hydrogen-bond donors (Lipinski definition) is 1. The van der Waals surface area contributed by atoms with Crippen molar-refractivity contribution in [2.24, 2.45) is 0 Å². The van der Waals surface area contributed by atoms with Gasteiger partial charge in [0, 0.05) is 9.79 Å². The molecule has 0 saturated heterocycles. The topological polar surface area (TPSA) is 59.2 Å². The van der Waals surface area contributed by atoms with Gasteiger partial charge >= 0.3 is 11.4 Å². The zero-order chi connectivity index (χ0) is 18.8. The van der Waals surface area contributed by atoms with E-state index in [0.717, 1.165) is 23.4 Å². The lowest BCUT2D eigenvalue weighted by atomic mass is 10.2. The Morgan fingerprint density at radius 1 is 1.40 bits per heavy atom. The van der Waals surface area contributed by atoms with Crippen LogP contribution in [0.1, 0.15) is 28.5 Å². The van der Waals surface area contributed by atoms with Gasteiger partial charge in [0.1, 0.15) is 11.3 Å². The molecule has 0 atom stereocenters. The number of carbonyl (C=O) groups excluding carboxylic acids is 1. The van der Waals surface area contributed by atoms with Crippen molar-refractivity contribution in [1.29, 1.82) is 0 Å². The number of aryl methyl sites for hydroxylation is 1. The van der Waals surface area contributed by atoms with Crippen molar-refractivity contribution in [2.45, 2.75) is 29.0 Å². The van der Waals surface area contributed by atoms with E-state index >= 15 is 0 Å². The largest absolute Gasteiger partial charge is 0.462 e. The number of rotatable bonds is 5. The Morgan fingerprint density at radius 3 is 2.64 bits per heavy atom. The molecule has 4 nitrogen and oxygen atoms in total. The average Bonchev–Trinajstić information content (AvgIpc) is 2.50. The Kier molecular flexibility index (Phi) is 6.13. The van der Waals surface area contributed by atoms with Crippen LogP contribution in [0.5, 0.6) is 0 Å². The van der Waals surface area contributed by atoms with Crippen molar-refractivity contribution in [2.75, 3.05) is 6.61 Å². The number of alkyl halides is 3. The van der Waals surface area contributed by atoms with Crippen LogP contribution in [0.25, 0.3) is 0 Å². The van der Waals surface area contributed by atoms with Gasteiger partial charge in [-0.15, -0.1) is 0 Å². The Hall–Kier alpha value is -1.57. The van der Waals surface area contributed by atoms with Gasteiger partial charge in [-0.1, -0.05) is 35.5 Å². The summed E-state index contributed by atoms with van der Waals surface area (Å²) in [6, 6.07) is 6.06. The van der Waals surface area contributed by atoms with Gasteiger partial charge in [-0.3, -0.25) is 4.79 Å². The van der Waals surface area contributed by atoms with Crippen LogP contribution in [0.15, 0.2) is 38.9 Å². The zero-order valence-corrected chi connectivity index (χ0v) is 15.5. The number of nitrogens with one attached hydrogen (secondary N) is 1. The normalized spacial score (nSPS) is 11.4. The first kappa shape index (κ1) is 19.8. The molecule has 0 bridgehead atoms. The van der Waals surface area contributed by atoms with Gasteiger partial charge in [-0.05, 0) is 43.1 Å². The molecule has 2 rings (SSSR count). The minimum Gasteiger partial charge on any atom is -0.462 e. The maximum atomic E-state index is 13.4. The van der Waals surface area contributed by atoms with Crippen LogP contribution in [0, 0.1) is 6.92 Å². The van der Waals surface area contributed by atoms with Gasteiger partial charge in [0.05, 0.1) is 11.6 Å². The van der Waals surface area contributed by atoms with Crippen LogP contribution in [0.4, 0.5) is 8.78 Å². The molecule has 0 amide bonds. The molecule has 0 spiro atoms. The Labute approximate surface area is 156 Å². The van der Waals surface area contributed by atoms with Gasteiger partial charge < -0.3 is 9.72 Å². The minimum absolute atomic E-state index is 0.0197. The number of H-pyrrole nitrogens is 1. The standard InChI is InChI=1S/C16H13Cl2F2NO3S/c1-3-24-15(23)12-10(7-11(16(18,19)20)21-14(12)22)25-13-8(2)5-4-6-9(13)17/h4-7H,3H2,1-2H3,(H,21,22). The molecule has 0 aliphatic rings. The molecule has 0 unspecified atom stereocenters. The predicted octanol–water partition coefficient (Wildman–Crippen LogP) is 4.95. The van der Waals surface area contributed by atoms with Gasteiger partial charge in [-0.25, -0.2) is 4.79 Å². The summed E-state index contributed by atoms with van der Waals surface area (Å²) < 4.78 is 31.7. The lowest BCUT2D eigenvalue weighted by Gasteiger charge is -2.14. The molecule has 0 fully saturated rings. The molecule has 1 aromatic carbocycles. The number of halogens is 4. The smallest absolute Gasteiger partial charge is 0.362 e. The van der Waals surface area contributed by atoms with E-state index in [-0.39, 0.29) is 17.1 Å². The number of esters is 1. The number of hydrogen-bond acceptors (Lipinski definition) is 4. The summed E-state index contributed by atoms with van der Waals surface area (Å²) >= 11 is 12.1. The van der Waals surface area contributed by atoms with E-state index in [2.05, 4.69) is 0 Å². The van der Waals surface area contributed by atoms with E-state index in [9.17, 15) is 18.4 Å². The van der Waals surface area contributed by atoms with E-state index < -0.39 is 22.6 Å². The van der Waals surface area contributed by atoms with Crippen molar-refractivity contribution in [3.63, 3.8) is 0 Å². The number of ether oxygens (including phenoxy) is 1. The Morgan fingerprint density at radius 2 is 2.08 bits per heavy atom. The van der Waals surface area contributed by atoms with Crippen molar-refractivity contribution >= 4 is 40.9 Å². The quantitative estimate of drug-likeness (QED) is 0.562. The van der Waals surface area contributed by atoms with Crippen LogP contribution >= 0.6 is 35.0 Å². The molecule has 25 heavy (non-hydrogen) atoms. The third-order valence-corrected chi connectivity index (χ3v) is 5.08. The van der Waals surface area contributed by atoms with E-state index in [4.69, 9.17) is 27.9 Å². The molecule has 1 aromatic heterocycles. The van der Waals surface area contributed by atoms with Crippen LogP contribution < -0.4 is 5.56 Å². The molecule has 1 N–H and O–H groups in total. The van der Waals surface area contributed by atoms with Crippen molar-refractivity contribution in [3.05, 3.63) is 56.5 Å². The van der Waals surface area contributed by atoms with Crippen molar-refractivity contribution in [3.8, 4) is 0 Å². The Balaban J connectivity index is 2.66. The summed E-state index contributed by atoms with van der Waals surface area (Å²) in [5, 5.41) is -3.43. The van der Waals surface area contributed by atoms with E-state index in [1.54, 1.807) is 32.0 Å². The van der Waals surface area contributed by atoms with Gasteiger partial charge in [0.2, 0.25) is 0 Å². The van der Waals surface area contributed by atoms with Gasteiger partial charge in [-0.2, -0.15) is 8.78 Å². The highest BCUT2D eigenvalue weighted by Gasteiger charge is 2.32. The highest BCUT2D eigenvalue weighted by molar-refractivity contribution is 7.99. The first-order valence-electron chi connectivity index (χ1n) is 7.09. The summed E-state index contributed by atoms with van der Waals surface area (Å²) in [5.74, 6) is -0.916. The molecule has 0 aliphatic heterocycles. The van der Waals surface area contributed by atoms with Crippen LogP contribution in [-0.4, -0.2) is 17.6 Å². The fraction of sp³-hybridized carbons (Fsp3) is 0.250. The SMILES string of the molecule is CCOC(=O)c1c(Sc2c(C)cccc2Cl)cc(C(F)(F)Cl)[nH]c1=O. The second kappa shape index (κ2) is 7.76. The maximum absolute atomic E-state index is 13.4. The minimum atomic E-state index is -3.79.